The number of likely N-dealkylation sites (tertiary alicyclic amines) is 1. The summed E-state index contributed by atoms with van der Waals surface area (Å²) in [6.45, 7) is 2.94. The van der Waals surface area contributed by atoms with Crippen molar-refractivity contribution < 1.29 is 19.4 Å². The number of benzene rings is 1. The maximum atomic E-state index is 13.9. The number of carboxylic acids is 1. The van der Waals surface area contributed by atoms with E-state index in [-0.39, 0.29) is 12.4 Å². The molecule has 4 nitrogen and oxygen atoms in total. The summed E-state index contributed by atoms with van der Waals surface area (Å²) in [6, 6.07) is 5.23. The minimum Gasteiger partial charge on any atom is -0.481 e. The van der Waals surface area contributed by atoms with Crippen LogP contribution >= 0.6 is 0 Å². The Morgan fingerprint density at radius 2 is 2.26 bits per heavy atom. The Morgan fingerprint density at radius 3 is 2.89 bits per heavy atom. The molecule has 0 aliphatic carbocycles. The predicted molar refractivity (Wildman–Crippen MR) is 68.2 cm³/mol. The molecule has 2 atom stereocenters. The first-order valence-electron chi connectivity index (χ1n) is 6.36. The van der Waals surface area contributed by atoms with E-state index >= 15 is 0 Å². The summed E-state index contributed by atoms with van der Waals surface area (Å²) in [7, 11) is 0. The van der Waals surface area contributed by atoms with Gasteiger partial charge in [-0.2, -0.15) is 0 Å². The minimum absolute atomic E-state index is 0.225. The number of aliphatic hydroxyl groups is 1. The number of aliphatic carboxylic acids is 1. The maximum Gasteiger partial charge on any atom is 0.309 e. The van der Waals surface area contributed by atoms with Gasteiger partial charge < -0.3 is 10.2 Å². The molecule has 0 saturated carbocycles. The lowest BCUT2D eigenvalue weighted by molar-refractivity contribution is -0.148. The molecule has 0 radical (unpaired) electrons. The first-order chi connectivity index (χ1) is 8.99. The predicted octanol–water partition coefficient (Wildman–Crippen LogP) is 1.40. The van der Waals surface area contributed by atoms with Gasteiger partial charge >= 0.3 is 5.97 Å². The molecular formula is C14H18FNO3. The number of carbonyl (C=O) groups is 1. The standard InChI is InChI=1S/C14H18FNO3/c1-9-3-2-4-10(13(9)15)7-16-6-5-11(14(18)19)12(17)8-16/h2-4,11-12,17H,5-8H2,1H3,(H,18,19)/t11-,12+/m0/s1. The van der Waals surface area contributed by atoms with Crippen LogP contribution in [0.5, 0.6) is 0 Å². The SMILES string of the molecule is Cc1cccc(CN2CC[C@H](C(=O)O)[C@H](O)C2)c1F. The number of aliphatic hydroxyl groups excluding tert-OH is 1. The van der Waals surface area contributed by atoms with Crippen molar-refractivity contribution in [3.05, 3.63) is 35.1 Å². The van der Waals surface area contributed by atoms with Gasteiger partial charge in [0, 0.05) is 18.7 Å². The van der Waals surface area contributed by atoms with Crippen LogP contribution in [0.4, 0.5) is 4.39 Å². The van der Waals surface area contributed by atoms with Gasteiger partial charge in [0.05, 0.1) is 12.0 Å². The van der Waals surface area contributed by atoms with Gasteiger partial charge in [-0.1, -0.05) is 18.2 Å². The van der Waals surface area contributed by atoms with E-state index in [9.17, 15) is 14.3 Å². The van der Waals surface area contributed by atoms with Gasteiger partial charge in [-0.3, -0.25) is 9.69 Å². The Bertz CT molecular complexity index is 478. The first-order valence-corrected chi connectivity index (χ1v) is 6.36. The van der Waals surface area contributed by atoms with Crippen LogP contribution < -0.4 is 0 Å². The van der Waals surface area contributed by atoms with Gasteiger partial charge in [0.15, 0.2) is 0 Å². The topological polar surface area (TPSA) is 60.8 Å². The number of halogens is 1. The molecule has 5 heteroatoms. The third-order valence-corrected chi connectivity index (χ3v) is 3.65. The second-order valence-electron chi connectivity index (χ2n) is 5.08. The lowest BCUT2D eigenvalue weighted by atomic mass is 9.93. The number of carboxylic acid groups (broad SMARTS) is 1. The fourth-order valence-corrected chi connectivity index (χ4v) is 2.50. The summed E-state index contributed by atoms with van der Waals surface area (Å²) in [5, 5.41) is 18.7. The van der Waals surface area contributed by atoms with Gasteiger partial charge in [0.1, 0.15) is 5.82 Å². The van der Waals surface area contributed by atoms with Crippen LogP contribution in [0, 0.1) is 18.7 Å². The quantitative estimate of drug-likeness (QED) is 0.869. The van der Waals surface area contributed by atoms with Crippen molar-refractivity contribution in [1.82, 2.24) is 4.90 Å². The molecule has 1 aromatic carbocycles. The molecule has 2 N–H and O–H groups in total. The Kier molecular flexibility index (Phi) is 4.17. The van der Waals surface area contributed by atoms with Crippen molar-refractivity contribution in [2.24, 2.45) is 5.92 Å². The maximum absolute atomic E-state index is 13.9. The number of rotatable bonds is 3. The van der Waals surface area contributed by atoms with Crippen molar-refractivity contribution >= 4 is 5.97 Å². The lowest BCUT2D eigenvalue weighted by Gasteiger charge is -2.34. The Hall–Kier alpha value is -1.46. The molecule has 19 heavy (non-hydrogen) atoms. The van der Waals surface area contributed by atoms with Crippen molar-refractivity contribution in [1.29, 1.82) is 0 Å². The molecule has 0 unspecified atom stereocenters. The zero-order valence-corrected chi connectivity index (χ0v) is 10.8. The molecule has 0 amide bonds. The molecule has 2 rings (SSSR count). The van der Waals surface area contributed by atoms with E-state index in [2.05, 4.69) is 0 Å². The molecule has 1 heterocycles. The fraction of sp³-hybridized carbons (Fsp3) is 0.500. The summed E-state index contributed by atoms with van der Waals surface area (Å²) >= 11 is 0. The monoisotopic (exact) mass is 267 g/mol. The van der Waals surface area contributed by atoms with E-state index in [0.29, 0.717) is 30.6 Å². The Balaban J connectivity index is 2.02. The smallest absolute Gasteiger partial charge is 0.309 e. The average molecular weight is 267 g/mol. The van der Waals surface area contributed by atoms with Gasteiger partial charge in [-0.05, 0) is 25.5 Å². The number of hydrogen-bond donors (Lipinski definition) is 2. The zero-order chi connectivity index (χ0) is 14.0. The zero-order valence-electron chi connectivity index (χ0n) is 10.8. The summed E-state index contributed by atoms with van der Waals surface area (Å²) in [4.78, 5) is 12.8. The molecule has 0 spiro atoms. The van der Waals surface area contributed by atoms with Crippen LogP contribution in [-0.2, 0) is 11.3 Å². The van der Waals surface area contributed by atoms with Crippen molar-refractivity contribution in [3.63, 3.8) is 0 Å². The van der Waals surface area contributed by atoms with E-state index in [1.54, 1.807) is 25.1 Å². The highest BCUT2D eigenvalue weighted by Crippen LogP contribution is 2.21. The van der Waals surface area contributed by atoms with Crippen LogP contribution in [0.2, 0.25) is 0 Å². The molecule has 0 bridgehead atoms. The molecule has 0 aromatic heterocycles. The summed E-state index contributed by atoms with van der Waals surface area (Å²) in [5.74, 6) is -1.90. The second kappa shape index (κ2) is 5.67. The first kappa shape index (κ1) is 14.0. The van der Waals surface area contributed by atoms with Crippen molar-refractivity contribution in [2.75, 3.05) is 13.1 Å². The number of piperidine rings is 1. The molecular weight excluding hydrogens is 249 g/mol. The highest BCUT2D eigenvalue weighted by atomic mass is 19.1. The number of nitrogens with zero attached hydrogens (tertiary/aromatic N) is 1. The highest BCUT2D eigenvalue weighted by Gasteiger charge is 2.32. The number of β-amino-alcohol motifs (C(OH)–C–C–N with tert-alkyl or cyclic N) is 1. The minimum atomic E-state index is -0.964. The van der Waals surface area contributed by atoms with Crippen LogP contribution in [0.15, 0.2) is 18.2 Å². The average Bonchev–Trinajstić information content (AvgIpc) is 2.34. The third-order valence-electron chi connectivity index (χ3n) is 3.65. The molecule has 1 saturated heterocycles. The molecule has 1 aliphatic rings. The largest absolute Gasteiger partial charge is 0.481 e. The fourth-order valence-electron chi connectivity index (χ4n) is 2.50. The number of aryl methyl sites for hydroxylation is 1. The highest BCUT2D eigenvalue weighted by molar-refractivity contribution is 5.70. The van der Waals surface area contributed by atoms with Gasteiger partial charge in [-0.15, -0.1) is 0 Å². The normalized spacial score (nSPS) is 24.4. The molecule has 1 fully saturated rings. The van der Waals surface area contributed by atoms with E-state index in [4.69, 9.17) is 5.11 Å². The van der Waals surface area contributed by atoms with E-state index in [1.807, 2.05) is 4.90 Å². The summed E-state index contributed by atoms with van der Waals surface area (Å²) in [6.07, 6.45) is -0.497. The van der Waals surface area contributed by atoms with Crippen LogP contribution in [0.3, 0.4) is 0 Å². The van der Waals surface area contributed by atoms with Gasteiger partial charge in [0.25, 0.3) is 0 Å². The van der Waals surface area contributed by atoms with Crippen LogP contribution in [-0.4, -0.2) is 40.3 Å². The Labute approximate surface area is 111 Å². The van der Waals surface area contributed by atoms with E-state index in [0.717, 1.165) is 0 Å². The summed E-state index contributed by atoms with van der Waals surface area (Å²) < 4.78 is 13.9. The van der Waals surface area contributed by atoms with Gasteiger partial charge in [-0.25, -0.2) is 4.39 Å². The van der Waals surface area contributed by atoms with Gasteiger partial charge in [0.2, 0.25) is 0 Å². The number of hydrogen-bond acceptors (Lipinski definition) is 3. The van der Waals surface area contributed by atoms with Crippen LogP contribution in [0.1, 0.15) is 17.5 Å². The van der Waals surface area contributed by atoms with E-state index < -0.39 is 18.0 Å². The molecule has 1 aromatic rings. The summed E-state index contributed by atoms with van der Waals surface area (Å²) in [5.41, 5.74) is 1.18. The Morgan fingerprint density at radius 1 is 1.53 bits per heavy atom. The second-order valence-corrected chi connectivity index (χ2v) is 5.08. The third kappa shape index (κ3) is 3.11. The van der Waals surface area contributed by atoms with Crippen molar-refractivity contribution in [2.45, 2.75) is 26.0 Å². The van der Waals surface area contributed by atoms with Crippen molar-refractivity contribution in [3.8, 4) is 0 Å². The molecule has 104 valence electrons. The van der Waals surface area contributed by atoms with E-state index in [1.165, 1.54) is 0 Å². The van der Waals surface area contributed by atoms with Crippen LogP contribution in [0.25, 0.3) is 0 Å². The molecule has 1 aliphatic heterocycles. The lowest BCUT2D eigenvalue weighted by Crippen LogP contribution is -2.46.